The van der Waals surface area contributed by atoms with Gasteiger partial charge >= 0.3 is 0 Å². The van der Waals surface area contributed by atoms with Crippen molar-refractivity contribution in [2.45, 2.75) is 0 Å². The Balaban J connectivity index is 1.46. The number of nitrogens with two attached hydrogens (primary N) is 1. The van der Waals surface area contributed by atoms with Crippen molar-refractivity contribution in [2.75, 3.05) is 5.73 Å². The van der Waals surface area contributed by atoms with Crippen molar-refractivity contribution in [2.24, 2.45) is 0 Å². The van der Waals surface area contributed by atoms with E-state index in [2.05, 4.69) is 153 Å². The molecule has 5 nitrogen and oxygen atoms in total. The zero-order valence-corrected chi connectivity index (χ0v) is 26.8. The van der Waals surface area contributed by atoms with E-state index in [1.807, 2.05) is 24.3 Å². The van der Waals surface area contributed by atoms with Crippen LogP contribution in [-0.4, -0.2) is 19.1 Å². The van der Waals surface area contributed by atoms with Gasteiger partial charge in [-0.3, -0.25) is 4.57 Å². The maximum absolute atomic E-state index is 6.08. The number of nitrogens with zero attached hydrogens (tertiary/aromatic N) is 4. The van der Waals surface area contributed by atoms with Crippen molar-refractivity contribution in [1.82, 2.24) is 19.1 Å². The summed E-state index contributed by atoms with van der Waals surface area (Å²) in [7, 11) is 0. The van der Waals surface area contributed by atoms with E-state index >= 15 is 0 Å². The molecule has 9 rings (SSSR count). The van der Waals surface area contributed by atoms with Crippen molar-refractivity contribution in [3.8, 4) is 34.2 Å². The first kappa shape index (κ1) is 26.9. The van der Waals surface area contributed by atoms with Crippen LogP contribution in [0.2, 0.25) is 0 Å². The zero-order chi connectivity index (χ0) is 30.8. The monoisotopic (exact) mass is 703 g/mol. The lowest BCUT2D eigenvalue weighted by molar-refractivity contribution is 0.995. The van der Waals surface area contributed by atoms with E-state index in [1.165, 1.54) is 14.3 Å². The summed E-state index contributed by atoms with van der Waals surface area (Å²) in [5.41, 5.74) is 16.0. The number of fused-ring (bicyclic) bond motifs is 7. The average molecular weight is 704 g/mol. The third kappa shape index (κ3) is 4.21. The number of hydrogen-bond donors (Lipinski definition) is 1. The molecule has 46 heavy (non-hydrogen) atoms. The van der Waals surface area contributed by atoms with Gasteiger partial charge in [0.25, 0.3) is 0 Å². The fourth-order valence-corrected chi connectivity index (χ4v) is 7.02. The average Bonchev–Trinajstić information content (AvgIpc) is 3.62. The normalized spacial score (nSPS) is 11.7. The van der Waals surface area contributed by atoms with Crippen LogP contribution in [0.5, 0.6) is 0 Å². The maximum atomic E-state index is 6.08. The number of nitrogen functional groups attached to an aromatic ring is 1. The van der Waals surface area contributed by atoms with Crippen LogP contribution in [0.1, 0.15) is 0 Å². The molecule has 0 saturated carbocycles. The molecular formula is C40H26IN5. The molecule has 0 radical (unpaired) electrons. The highest BCUT2D eigenvalue weighted by atomic mass is 127. The van der Waals surface area contributed by atoms with Gasteiger partial charge in [-0.15, -0.1) is 0 Å². The third-order valence-corrected chi connectivity index (χ3v) is 9.46. The minimum absolute atomic E-state index is 0.617. The highest BCUT2D eigenvalue weighted by molar-refractivity contribution is 14.1. The highest BCUT2D eigenvalue weighted by Gasteiger charge is 2.23. The molecule has 9 aromatic rings. The van der Waals surface area contributed by atoms with Crippen LogP contribution < -0.4 is 5.73 Å². The minimum Gasteiger partial charge on any atom is -0.399 e. The van der Waals surface area contributed by atoms with E-state index < -0.39 is 0 Å². The summed E-state index contributed by atoms with van der Waals surface area (Å²) in [4.78, 5) is 10.6. The van der Waals surface area contributed by atoms with Gasteiger partial charge in [0.05, 0.1) is 33.5 Å². The van der Waals surface area contributed by atoms with E-state index in [1.54, 1.807) is 0 Å². The molecule has 3 aromatic heterocycles. The number of para-hydroxylation sites is 3. The van der Waals surface area contributed by atoms with Gasteiger partial charge in [-0.25, -0.2) is 9.97 Å². The van der Waals surface area contributed by atoms with Crippen molar-refractivity contribution >= 4 is 71.9 Å². The molecule has 2 N–H and O–H groups in total. The summed E-state index contributed by atoms with van der Waals surface area (Å²) < 4.78 is 5.81. The lowest BCUT2D eigenvalue weighted by atomic mass is 10.1. The van der Waals surface area contributed by atoms with E-state index in [0.717, 1.165) is 66.7 Å². The zero-order valence-electron chi connectivity index (χ0n) is 24.6. The van der Waals surface area contributed by atoms with Crippen molar-refractivity contribution in [3.05, 3.63) is 149 Å². The van der Waals surface area contributed by atoms with Crippen LogP contribution in [0.3, 0.4) is 0 Å². The summed E-state index contributed by atoms with van der Waals surface area (Å²) in [6, 6.07) is 50.7. The SMILES string of the molecule is Nc1ccc(-c2cc(-c3ccc(I)cc3)nc(-n3c4ccccc4c4ccc5c6ccccc6n(-c6ccccc6)c5c43)n2)cc1. The van der Waals surface area contributed by atoms with E-state index in [0.29, 0.717) is 5.95 Å². The lowest BCUT2D eigenvalue weighted by Crippen LogP contribution is -2.05. The summed E-state index contributed by atoms with van der Waals surface area (Å²) >= 11 is 2.34. The summed E-state index contributed by atoms with van der Waals surface area (Å²) in [6.07, 6.45) is 0. The van der Waals surface area contributed by atoms with E-state index in [9.17, 15) is 0 Å². The smallest absolute Gasteiger partial charge is 0.235 e. The molecule has 0 spiro atoms. The van der Waals surface area contributed by atoms with Gasteiger partial charge in [0.2, 0.25) is 5.95 Å². The molecule has 0 aliphatic rings. The largest absolute Gasteiger partial charge is 0.399 e. The first-order valence-electron chi connectivity index (χ1n) is 15.2. The Morgan fingerprint density at radius 2 is 0.978 bits per heavy atom. The molecule has 0 bridgehead atoms. The standard InChI is InChI=1S/C40H26IN5/c41-27-18-14-25(15-19-27)34-24-35(26-16-20-28(42)21-17-26)44-40(43-34)46-37-13-7-5-11-31(37)33-23-22-32-30-10-4-6-12-36(30)45(38(32)39(33)46)29-8-2-1-3-9-29/h1-24H,42H2. The Labute approximate surface area is 278 Å². The molecule has 0 atom stereocenters. The quantitative estimate of drug-likeness (QED) is 0.147. The Bertz CT molecular complexity index is 2520. The van der Waals surface area contributed by atoms with Crippen molar-refractivity contribution in [3.63, 3.8) is 0 Å². The molecule has 3 heterocycles. The molecule has 6 heteroatoms. The van der Waals surface area contributed by atoms with Crippen LogP contribution in [0.25, 0.3) is 77.8 Å². The van der Waals surface area contributed by atoms with Gasteiger partial charge in [-0.05, 0) is 77.2 Å². The topological polar surface area (TPSA) is 61.7 Å². The van der Waals surface area contributed by atoms with Crippen LogP contribution in [-0.2, 0) is 0 Å². The number of anilines is 1. The Hall–Kier alpha value is -5.47. The second-order valence-electron chi connectivity index (χ2n) is 11.5. The predicted molar refractivity (Wildman–Crippen MR) is 199 cm³/mol. The van der Waals surface area contributed by atoms with Crippen molar-refractivity contribution < 1.29 is 0 Å². The van der Waals surface area contributed by atoms with Gasteiger partial charge in [0.15, 0.2) is 0 Å². The lowest BCUT2D eigenvalue weighted by Gasteiger charge is -2.14. The Morgan fingerprint density at radius 3 is 1.59 bits per heavy atom. The number of hydrogen-bond acceptors (Lipinski definition) is 3. The van der Waals surface area contributed by atoms with Gasteiger partial charge in [0.1, 0.15) is 0 Å². The van der Waals surface area contributed by atoms with Crippen molar-refractivity contribution in [1.29, 1.82) is 0 Å². The molecular weight excluding hydrogens is 677 g/mol. The summed E-state index contributed by atoms with van der Waals surface area (Å²) in [5.74, 6) is 0.617. The summed E-state index contributed by atoms with van der Waals surface area (Å²) in [5, 5.41) is 4.70. The van der Waals surface area contributed by atoms with E-state index in [4.69, 9.17) is 15.7 Å². The van der Waals surface area contributed by atoms with Crippen LogP contribution in [0.4, 0.5) is 5.69 Å². The first-order chi connectivity index (χ1) is 22.6. The second-order valence-corrected chi connectivity index (χ2v) is 12.7. The van der Waals surface area contributed by atoms with Gasteiger partial charge in [-0.2, -0.15) is 0 Å². The van der Waals surface area contributed by atoms with Gasteiger partial charge < -0.3 is 10.3 Å². The fraction of sp³-hybridized carbons (Fsp3) is 0. The molecule has 0 unspecified atom stereocenters. The molecule has 218 valence electrons. The minimum atomic E-state index is 0.617. The molecule has 0 fully saturated rings. The number of rotatable bonds is 4. The highest BCUT2D eigenvalue weighted by Crippen LogP contribution is 2.41. The van der Waals surface area contributed by atoms with Crippen LogP contribution >= 0.6 is 22.6 Å². The number of aromatic nitrogens is 4. The third-order valence-electron chi connectivity index (χ3n) is 8.74. The molecule has 0 saturated heterocycles. The second kappa shape index (κ2) is 10.6. The summed E-state index contributed by atoms with van der Waals surface area (Å²) in [6.45, 7) is 0. The van der Waals surface area contributed by atoms with Gasteiger partial charge in [0, 0.05) is 47.6 Å². The van der Waals surface area contributed by atoms with Crippen LogP contribution in [0, 0.1) is 3.57 Å². The first-order valence-corrected chi connectivity index (χ1v) is 16.2. The van der Waals surface area contributed by atoms with E-state index in [-0.39, 0.29) is 0 Å². The Morgan fingerprint density at radius 1 is 0.478 bits per heavy atom. The molecule has 0 aliphatic heterocycles. The predicted octanol–water partition coefficient (Wildman–Crippen LogP) is 10.2. The maximum Gasteiger partial charge on any atom is 0.235 e. The molecule has 6 aromatic carbocycles. The van der Waals surface area contributed by atoms with Gasteiger partial charge in [-0.1, -0.05) is 91.0 Å². The fourth-order valence-electron chi connectivity index (χ4n) is 6.66. The molecule has 0 aliphatic carbocycles. The molecule has 0 amide bonds. The number of benzene rings is 6. The Kier molecular flexibility index (Phi) is 6.18. The number of halogens is 1. The van der Waals surface area contributed by atoms with Crippen LogP contribution in [0.15, 0.2) is 146 Å².